The molecule has 0 saturated carbocycles. The Morgan fingerprint density at radius 2 is 1.21 bits per heavy atom. The number of rotatable bonds is 19. The molecule has 2 atom stereocenters. The van der Waals surface area contributed by atoms with Gasteiger partial charge in [0.05, 0.1) is 13.7 Å². The minimum absolute atomic E-state index is 0.0120. The summed E-state index contributed by atoms with van der Waals surface area (Å²) in [6.45, 7) is 6.60. The SMILES string of the molecule is CCCCCCCCCCCCCCCCOC(=O)C(NC(=O)OC)C(C)CC. The van der Waals surface area contributed by atoms with Crippen LogP contribution in [0.3, 0.4) is 0 Å². The monoisotopic (exact) mass is 413 g/mol. The molecule has 0 aliphatic carbocycles. The standard InChI is InChI=1S/C24H47NO4/c1-5-7-8-9-10-11-12-13-14-15-16-17-18-19-20-29-23(26)22(21(3)6-2)25-24(27)28-4/h21-22H,5-20H2,1-4H3,(H,25,27). The number of carbonyl (C=O) groups excluding carboxylic acids is 2. The Kier molecular flexibility index (Phi) is 19.2. The van der Waals surface area contributed by atoms with Crippen molar-refractivity contribution < 1.29 is 19.1 Å². The highest BCUT2D eigenvalue weighted by Gasteiger charge is 2.27. The number of ether oxygens (including phenoxy) is 2. The van der Waals surface area contributed by atoms with Gasteiger partial charge in [0.25, 0.3) is 0 Å². The van der Waals surface area contributed by atoms with Crippen LogP contribution in [0.15, 0.2) is 0 Å². The topological polar surface area (TPSA) is 64.6 Å². The summed E-state index contributed by atoms with van der Waals surface area (Å²) in [5.41, 5.74) is 0. The smallest absolute Gasteiger partial charge is 0.407 e. The molecule has 0 aliphatic heterocycles. The Bertz CT molecular complexity index is 400. The largest absolute Gasteiger partial charge is 0.464 e. The molecule has 2 unspecified atom stereocenters. The van der Waals surface area contributed by atoms with Gasteiger partial charge in [0, 0.05) is 0 Å². The van der Waals surface area contributed by atoms with Gasteiger partial charge in [-0.25, -0.2) is 9.59 Å². The summed E-state index contributed by atoms with van der Waals surface area (Å²) in [6, 6.07) is -0.640. The highest BCUT2D eigenvalue weighted by atomic mass is 16.5. The van der Waals surface area contributed by atoms with Gasteiger partial charge in [-0.2, -0.15) is 0 Å². The second kappa shape index (κ2) is 20.0. The molecule has 1 N–H and O–H groups in total. The van der Waals surface area contributed by atoms with E-state index in [2.05, 4.69) is 17.0 Å². The summed E-state index contributed by atoms with van der Waals surface area (Å²) in [5.74, 6) is -0.350. The summed E-state index contributed by atoms with van der Waals surface area (Å²) < 4.78 is 9.97. The predicted molar refractivity (Wildman–Crippen MR) is 120 cm³/mol. The minimum Gasteiger partial charge on any atom is -0.464 e. The summed E-state index contributed by atoms with van der Waals surface area (Å²) in [6.07, 6.45) is 18.4. The van der Waals surface area contributed by atoms with Crippen molar-refractivity contribution in [3.8, 4) is 0 Å². The molecule has 0 aromatic heterocycles. The van der Waals surface area contributed by atoms with Crippen LogP contribution in [-0.4, -0.2) is 31.8 Å². The van der Waals surface area contributed by atoms with E-state index < -0.39 is 12.1 Å². The first kappa shape index (κ1) is 27.7. The molecule has 0 radical (unpaired) electrons. The number of hydrogen-bond acceptors (Lipinski definition) is 4. The number of unbranched alkanes of at least 4 members (excludes halogenated alkanes) is 13. The molecule has 0 bridgehead atoms. The number of esters is 1. The summed E-state index contributed by atoms with van der Waals surface area (Å²) in [7, 11) is 1.29. The van der Waals surface area contributed by atoms with Gasteiger partial charge < -0.3 is 14.8 Å². The van der Waals surface area contributed by atoms with Gasteiger partial charge in [0.2, 0.25) is 0 Å². The molecular weight excluding hydrogens is 366 g/mol. The van der Waals surface area contributed by atoms with Gasteiger partial charge in [0.1, 0.15) is 6.04 Å². The van der Waals surface area contributed by atoms with Crippen molar-refractivity contribution in [2.24, 2.45) is 5.92 Å². The fraction of sp³-hybridized carbons (Fsp3) is 0.917. The van der Waals surface area contributed by atoms with E-state index in [0.717, 1.165) is 19.3 Å². The van der Waals surface area contributed by atoms with Crippen LogP contribution in [0.2, 0.25) is 0 Å². The van der Waals surface area contributed by atoms with Crippen molar-refractivity contribution >= 4 is 12.1 Å². The molecule has 172 valence electrons. The zero-order valence-electron chi connectivity index (χ0n) is 19.6. The molecule has 0 aromatic carbocycles. The molecule has 5 nitrogen and oxygen atoms in total. The number of alkyl carbamates (subject to hydrolysis) is 1. The molecule has 1 amide bonds. The van der Waals surface area contributed by atoms with Gasteiger partial charge >= 0.3 is 12.1 Å². The van der Waals surface area contributed by atoms with Gasteiger partial charge in [-0.15, -0.1) is 0 Å². The first-order chi connectivity index (χ1) is 14.1. The lowest BCUT2D eigenvalue weighted by atomic mass is 9.99. The zero-order chi connectivity index (χ0) is 21.7. The normalized spacial score (nSPS) is 13.0. The second-order valence-electron chi connectivity index (χ2n) is 8.26. The average molecular weight is 414 g/mol. The van der Waals surface area contributed by atoms with Crippen molar-refractivity contribution in [1.82, 2.24) is 5.32 Å². The molecular formula is C24H47NO4. The zero-order valence-corrected chi connectivity index (χ0v) is 19.6. The van der Waals surface area contributed by atoms with Crippen LogP contribution < -0.4 is 5.32 Å². The van der Waals surface area contributed by atoms with Crippen LogP contribution in [0.1, 0.15) is 117 Å². The van der Waals surface area contributed by atoms with Gasteiger partial charge in [-0.3, -0.25) is 0 Å². The van der Waals surface area contributed by atoms with Crippen LogP contribution in [0.4, 0.5) is 4.79 Å². The first-order valence-electron chi connectivity index (χ1n) is 12.1. The fourth-order valence-electron chi connectivity index (χ4n) is 3.41. The summed E-state index contributed by atoms with van der Waals surface area (Å²) >= 11 is 0. The van der Waals surface area contributed by atoms with E-state index in [1.54, 1.807) is 0 Å². The van der Waals surface area contributed by atoms with Crippen LogP contribution in [0, 0.1) is 5.92 Å². The third-order valence-electron chi connectivity index (χ3n) is 5.67. The maximum absolute atomic E-state index is 12.2. The number of nitrogens with one attached hydrogen (secondary N) is 1. The number of carbonyl (C=O) groups is 2. The van der Waals surface area contributed by atoms with Crippen molar-refractivity contribution in [2.45, 2.75) is 123 Å². The van der Waals surface area contributed by atoms with Gasteiger partial charge in [0.15, 0.2) is 0 Å². The Morgan fingerprint density at radius 3 is 1.62 bits per heavy atom. The van der Waals surface area contributed by atoms with E-state index in [1.165, 1.54) is 84.2 Å². The minimum atomic E-state index is -0.640. The first-order valence-corrected chi connectivity index (χ1v) is 12.1. The Labute approximate surface area is 179 Å². The highest BCUT2D eigenvalue weighted by Crippen LogP contribution is 2.13. The predicted octanol–water partition coefficient (Wildman–Crippen LogP) is 6.78. The maximum atomic E-state index is 12.2. The van der Waals surface area contributed by atoms with Crippen molar-refractivity contribution in [2.75, 3.05) is 13.7 Å². The maximum Gasteiger partial charge on any atom is 0.407 e. The molecule has 0 fully saturated rings. The molecule has 0 rings (SSSR count). The van der Waals surface area contributed by atoms with E-state index in [0.29, 0.717) is 6.61 Å². The van der Waals surface area contributed by atoms with E-state index >= 15 is 0 Å². The Hall–Kier alpha value is -1.26. The van der Waals surface area contributed by atoms with Crippen molar-refractivity contribution in [3.63, 3.8) is 0 Å². The third-order valence-corrected chi connectivity index (χ3v) is 5.67. The Morgan fingerprint density at radius 1 is 0.759 bits per heavy atom. The van der Waals surface area contributed by atoms with Crippen molar-refractivity contribution in [1.29, 1.82) is 0 Å². The molecule has 0 heterocycles. The third kappa shape index (κ3) is 16.2. The average Bonchev–Trinajstić information content (AvgIpc) is 2.73. The molecule has 29 heavy (non-hydrogen) atoms. The van der Waals surface area contributed by atoms with E-state index in [1.807, 2.05) is 13.8 Å². The van der Waals surface area contributed by atoms with Crippen molar-refractivity contribution in [3.05, 3.63) is 0 Å². The quantitative estimate of drug-likeness (QED) is 0.187. The van der Waals surface area contributed by atoms with Gasteiger partial charge in [-0.1, -0.05) is 111 Å². The summed E-state index contributed by atoms with van der Waals surface area (Å²) in [4.78, 5) is 23.7. The van der Waals surface area contributed by atoms with Gasteiger partial charge in [-0.05, 0) is 12.3 Å². The number of hydrogen-bond donors (Lipinski definition) is 1. The van der Waals surface area contributed by atoms with E-state index in [-0.39, 0.29) is 11.9 Å². The lowest BCUT2D eigenvalue weighted by Crippen LogP contribution is -2.46. The number of methoxy groups -OCH3 is 1. The lowest BCUT2D eigenvalue weighted by molar-refractivity contribution is -0.147. The van der Waals surface area contributed by atoms with Crippen LogP contribution in [0.25, 0.3) is 0 Å². The molecule has 0 aromatic rings. The number of amides is 1. The molecule has 0 aliphatic rings. The molecule has 5 heteroatoms. The highest BCUT2D eigenvalue weighted by molar-refractivity contribution is 5.81. The fourth-order valence-corrected chi connectivity index (χ4v) is 3.41. The second-order valence-corrected chi connectivity index (χ2v) is 8.26. The van der Waals surface area contributed by atoms with Crippen LogP contribution in [0.5, 0.6) is 0 Å². The molecule has 0 saturated heterocycles. The van der Waals surface area contributed by atoms with E-state index in [9.17, 15) is 9.59 Å². The van der Waals surface area contributed by atoms with E-state index in [4.69, 9.17) is 4.74 Å². The van der Waals surface area contributed by atoms with Crippen LogP contribution >= 0.6 is 0 Å². The lowest BCUT2D eigenvalue weighted by Gasteiger charge is -2.21. The Balaban J connectivity index is 3.58. The molecule has 0 spiro atoms. The summed E-state index contributed by atoms with van der Waals surface area (Å²) in [5, 5.41) is 2.58. The van der Waals surface area contributed by atoms with Crippen LogP contribution in [-0.2, 0) is 14.3 Å².